The van der Waals surface area contributed by atoms with Gasteiger partial charge in [0.05, 0.1) is 36.0 Å². The summed E-state index contributed by atoms with van der Waals surface area (Å²) in [6.45, 7) is 2.50. The summed E-state index contributed by atoms with van der Waals surface area (Å²) in [5.74, 6) is 0.519. The standard InChI is InChI=1S/C39H37N5O4S/c1-25-35(24-49-39-40-19-20-44(39)2)47-38(48-36(25)28-13-11-26(23-45)12-14-28)29-17-15-27(16-18-29)31-8-4-3-7-30(31)21-42-37(46)34-22-41-32-9-5-6-10-33(32)43-34/h3-20,22,25,35-36,38,45H,21,23-24H2,1-2H3,(H,42,46)/t25-,35+,36+,38+/m0/s1. The maximum absolute atomic E-state index is 13.0. The van der Waals surface area contributed by atoms with E-state index in [4.69, 9.17) is 9.47 Å². The third-order valence-electron chi connectivity index (χ3n) is 8.91. The molecule has 7 rings (SSSR count). The van der Waals surface area contributed by atoms with Crippen LogP contribution in [0.15, 0.2) is 121 Å². The molecule has 0 radical (unpaired) electrons. The van der Waals surface area contributed by atoms with E-state index in [1.807, 2.05) is 96.7 Å². The highest BCUT2D eigenvalue weighted by Crippen LogP contribution is 2.43. The van der Waals surface area contributed by atoms with Crippen molar-refractivity contribution in [3.05, 3.63) is 144 Å². The number of para-hydroxylation sites is 2. The lowest BCUT2D eigenvalue weighted by atomic mass is 9.91. The minimum atomic E-state index is -0.572. The third kappa shape index (κ3) is 7.28. The Kier molecular flexibility index (Phi) is 9.81. The Morgan fingerprint density at radius 1 is 0.898 bits per heavy atom. The molecule has 1 aliphatic heterocycles. The van der Waals surface area contributed by atoms with Crippen LogP contribution in [0.1, 0.15) is 52.1 Å². The molecule has 0 aliphatic carbocycles. The molecule has 1 fully saturated rings. The highest BCUT2D eigenvalue weighted by molar-refractivity contribution is 7.99. The summed E-state index contributed by atoms with van der Waals surface area (Å²) in [5.41, 5.74) is 7.55. The Labute approximate surface area is 289 Å². The number of thioether (sulfide) groups is 1. The van der Waals surface area contributed by atoms with Crippen molar-refractivity contribution >= 4 is 28.7 Å². The summed E-state index contributed by atoms with van der Waals surface area (Å²) >= 11 is 1.67. The fourth-order valence-corrected chi connectivity index (χ4v) is 7.16. The molecule has 4 aromatic carbocycles. The van der Waals surface area contributed by atoms with Gasteiger partial charge in [-0.2, -0.15) is 0 Å². The monoisotopic (exact) mass is 671 g/mol. The number of aryl methyl sites for hydroxylation is 1. The van der Waals surface area contributed by atoms with Crippen LogP contribution >= 0.6 is 11.8 Å². The number of hydrogen-bond acceptors (Lipinski definition) is 8. The van der Waals surface area contributed by atoms with Crippen molar-refractivity contribution in [2.24, 2.45) is 13.0 Å². The van der Waals surface area contributed by atoms with E-state index >= 15 is 0 Å². The second-order valence-electron chi connectivity index (χ2n) is 12.2. The van der Waals surface area contributed by atoms with Crippen LogP contribution in [0.5, 0.6) is 0 Å². The van der Waals surface area contributed by atoms with Crippen LogP contribution < -0.4 is 5.32 Å². The van der Waals surface area contributed by atoms with Gasteiger partial charge in [0.25, 0.3) is 5.91 Å². The van der Waals surface area contributed by atoms with E-state index < -0.39 is 6.29 Å². The number of carbonyl (C=O) groups is 1. The van der Waals surface area contributed by atoms with Gasteiger partial charge in [-0.15, -0.1) is 0 Å². The van der Waals surface area contributed by atoms with Gasteiger partial charge in [-0.05, 0) is 39.9 Å². The molecule has 1 saturated heterocycles. The molecule has 2 N–H and O–H groups in total. The minimum Gasteiger partial charge on any atom is -0.392 e. The summed E-state index contributed by atoms with van der Waals surface area (Å²) in [4.78, 5) is 26.3. The molecule has 0 unspecified atom stereocenters. The number of aliphatic hydroxyl groups is 1. The number of nitrogens with one attached hydrogen (secondary N) is 1. The van der Waals surface area contributed by atoms with Gasteiger partial charge < -0.3 is 24.5 Å². The smallest absolute Gasteiger partial charge is 0.271 e. The van der Waals surface area contributed by atoms with Crippen molar-refractivity contribution in [3.63, 3.8) is 0 Å². The number of amides is 1. The normalized spacial score (nSPS) is 19.2. The van der Waals surface area contributed by atoms with Gasteiger partial charge in [-0.3, -0.25) is 9.78 Å². The summed E-state index contributed by atoms with van der Waals surface area (Å²) in [5, 5.41) is 13.5. The summed E-state index contributed by atoms with van der Waals surface area (Å²) in [6, 6.07) is 31.7. The maximum atomic E-state index is 13.0. The van der Waals surface area contributed by atoms with E-state index in [2.05, 4.69) is 45.4 Å². The third-order valence-corrected chi connectivity index (χ3v) is 10.1. The number of fused-ring (bicyclic) bond motifs is 1. The fraction of sp³-hybridized carbons (Fsp3) is 0.231. The van der Waals surface area contributed by atoms with Gasteiger partial charge >= 0.3 is 0 Å². The predicted molar refractivity (Wildman–Crippen MR) is 189 cm³/mol. The van der Waals surface area contributed by atoms with Gasteiger partial charge in [0.1, 0.15) is 5.69 Å². The topological polar surface area (TPSA) is 111 Å². The van der Waals surface area contributed by atoms with Crippen LogP contribution in [-0.4, -0.2) is 42.4 Å². The lowest BCUT2D eigenvalue weighted by Crippen LogP contribution is -2.38. The van der Waals surface area contributed by atoms with Crippen LogP contribution in [0.2, 0.25) is 0 Å². The molecule has 2 aromatic heterocycles. The van der Waals surface area contributed by atoms with E-state index in [1.54, 1.807) is 18.0 Å². The SMILES string of the molecule is C[C@H]1[C@@H](CSc2nccn2C)O[C@@H](c2ccc(-c3ccccc3CNC(=O)c3cnc4ccccc4n3)cc2)O[C@H]1c1ccc(CO)cc1. The zero-order chi connectivity index (χ0) is 33.7. The lowest BCUT2D eigenvalue weighted by molar-refractivity contribution is -0.268. The highest BCUT2D eigenvalue weighted by Gasteiger charge is 2.38. The van der Waals surface area contributed by atoms with Crippen molar-refractivity contribution in [2.45, 2.75) is 43.7 Å². The van der Waals surface area contributed by atoms with E-state index in [9.17, 15) is 9.90 Å². The molecule has 248 valence electrons. The first kappa shape index (κ1) is 32.7. The Bertz CT molecular complexity index is 2050. The molecule has 4 atom stereocenters. The largest absolute Gasteiger partial charge is 0.392 e. The molecular formula is C39H37N5O4S. The number of nitrogens with zero attached hydrogens (tertiary/aromatic N) is 4. The molecule has 0 spiro atoms. The Hall–Kier alpha value is -4.87. The van der Waals surface area contributed by atoms with Crippen LogP contribution in [0, 0.1) is 5.92 Å². The van der Waals surface area contributed by atoms with Crippen molar-refractivity contribution in [1.82, 2.24) is 24.8 Å². The average molecular weight is 672 g/mol. The molecular weight excluding hydrogens is 635 g/mol. The number of carbonyl (C=O) groups excluding carboxylic acids is 1. The molecule has 10 heteroatoms. The van der Waals surface area contributed by atoms with Crippen molar-refractivity contribution in [3.8, 4) is 11.1 Å². The first-order valence-electron chi connectivity index (χ1n) is 16.3. The highest BCUT2D eigenvalue weighted by atomic mass is 32.2. The van der Waals surface area contributed by atoms with Gasteiger partial charge in [0.2, 0.25) is 0 Å². The van der Waals surface area contributed by atoms with Gasteiger partial charge in [-0.1, -0.05) is 104 Å². The minimum absolute atomic E-state index is 0.00297. The number of aliphatic hydroxyl groups excluding tert-OH is 1. The van der Waals surface area contributed by atoms with E-state index in [0.29, 0.717) is 12.1 Å². The first-order chi connectivity index (χ1) is 24.0. The average Bonchev–Trinajstić information content (AvgIpc) is 3.57. The first-order valence-corrected chi connectivity index (χ1v) is 17.2. The number of aromatic nitrogens is 4. The second kappa shape index (κ2) is 14.7. The van der Waals surface area contributed by atoms with E-state index in [1.165, 1.54) is 6.20 Å². The van der Waals surface area contributed by atoms with E-state index in [0.717, 1.165) is 49.8 Å². The van der Waals surface area contributed by atoms with Gasteiger partial charge in [0, 0.05) is 43.2 Å². The molecule has 3 heterocycles. The fourth-order valence-electron chi connectivity index (χ4n) is 6.07. The zero-order valence-corrected chi connectivity index (χ0v) is 28.1. The number of benzene rings is 4. The van der Waals surface area contributed by atoms with E-state index in [-0.39, 0.29) is 36.3 Å². The van der Waals surface area contributed by atoms with Crippen molar-refractivity contribution in [2.75, 3.05) is 5.75 Å². The van der Waals surface area contributed by atoms with Crippen LogP contribution in [0.3, 0.4) is 0 Å². The second-order valence-corrected chi connectivity index (χ2v) is 13.1. The number of imidazole rings is 1. The van der Waals surface area contributed by atoms with Crippen LogP contribution in [0.25, 0.3) is 22.2 Å². The number of ether oxygens (including phenoxy) is 2. The zero-order valence-electron chi connectivity index (χ0n) is 27.3. The molecule has 1 aliphatic rings. The molecule has 49 heavy (non-hydrogen) atoms. The Morgan fingerprint density at radius 3 is 2.39 bits per heavy atom. The van der Waals surface area contributed by atoms with Crippen molar-refractivity contribution in [1.29, 1.82) is 0 Å². The molecule has 0 saturated carbocycles. The van der Waals surface area contributed by atoms with Crippen molar-refractivity contribution < 1.29 is 19.4 Å². The Morgan fingerprint density at radius 2 is 1.63 bits per heavy atom. The van der Waals surface area contributed by atoms with Gasteiger partial charge in [0.15, 0.2) is 11.4 Å². The number of rotatable bonds is 10. The quantitative estimate of drug-likeness (QED) is 0.149. The lowest BCUT2D eigenvalue weighted by Gasteiger charge is -2.41. The van der Waals surface area contributed by atoms with Gasteiger partial charge in [-0.25, -0.2) is 9.97 Å². The summed E-state index contributed by atoms with van der Waals surface area (Å²) in [6.07, 6.45) is 4.39. The maximum Gasteiger partial charge on any atom is 0.271 e. The van der Waals surface area contributed by atoms with Crippen LogP contribution in [0.4, 0.5) is 0 Å². The predicted octanol–water partition coefficient (Wildman–Crippen LogP) is 7.04. The molecule has 1 amide bonds. The molecule has 6 aromatic rings. The molecule has 9 nitrogen and oxygen atoms in total. The Balaban J connectivity index is 1.09. The van der Waals surface area contributed by atoms with Crippen LogP contribution in [-0.2, 0) is 29.7 Å². The summed E-state index contributed by atoms with van der Waals surface area (Å²) in [7, 11) is 1.99. The molecule has 0 bridgehead atoms. The number of hydrogen-bond donors (Lipinski definition) is 2. The summed E-state index contributed by atoms with van der Waals surface area (Å²) < 4.78 is 15.3.